The average molecular weight is 635 g/mol. The maximum atomic E-state index is 15.2. The molecule has 1 atom stereocenters. The van der Waals surface area contributed by atoms with Crippen molar-refractivity contribution in [2.75, 3.05) is 31.2 Å². The van der Waals surface area contributed by atoms with Crippen molar-refractivity contribution in [2.45, 2.75) is 64.0 Å². The molecule has 4 aromatic rings. The Labute approximate surface area is 264 Å². The summed E-state index contributed by atoms with van der Waals surface area (Å²) in [6, 6.07) is 21.3. The predicted molar refractivity (Wildman–Crippen MR) is 175 cm³/mol. The number of rotatable bonds is 9. The molecule has 1 aliphatic heterocycles. The number of piperidine rings is 1. The smallest absolute Gasteiger partial charge is 0.319 e. The van der Waals surface area contributed by atoms with Gasteiger partial charge in [0.2, 0.25) is 0 Å². The molecule has 7 nitrogen and oxygen atoms in total. The molecule has 0 bridgehead atoms. The van der Waals surface area contributed by atoms with E-state index in [1.54, 1.807) is 6.92 Å². The van der Waals surface area contributed by atoms with E-state index in [9.17, 15) is 5.11 Å². The van der Waals surface area contributed by atoms with E-state index < -0.39 is 19.7 Å². The fraction of sp³-hybridized carbons (Fsp3) is 0.441. The summed E-state index contributed by atoms with van der Waals surface area (Å²) in [5.74, 6) is -0.223. The van der Waals surface area contributed by atoms with E-state index in [0.29, 0.717) is 43.9 Å². The highest BCUT2D eigenvalue weighted by Crippen LogP contribution is 2.48. The molecular weight excluding hydrogens is 595 g/mol. The lowest BCUT2D eigenvalue weighted by molar-refractivity contribution is 0.0447. The number of aliphatic hydroxyl groups is 1. The lowest BCUT2D eigenvalue weighted by Gasteiger charge is -2.43. The molecule has 6 rings (SSSR count). The van der Waals surface area contributed by atoms with E-state index in [1.165, 1.54) is 16.6 Å². The van der Waals surface area contributed by atoms with Crippen LogP contribution in [0, 0.1) is 11.2 Å². The van der Waals surface area contributed by atoms with Gasteiger partial charge in [0, 0.05) is 31.3 Å². The number of ether oxygens (including phenoxy) is 1. The third-order valence-corrected chi connectivity index (χ3v) is 14.3. The zero-order valence-corrected chi connectivity index (χ0v) is 27.6. The van der Waals surface area contributed by atoms with Gasteiger partial charge in [-0.1, -0.05) is 93.0 Å². The molecule has 0 radical (unpaired) electrons. The molecule has 2 aliphatic rings. The minimum atomic E-state index is -2.71. The number of pyridine rings is 1. The van der Waals surface area contributed by atoms with E-state index in [0.717, 1.165) is 19.3 Å². The Morgan fingerprint density at radius 3 is 2.18 bits per heavy atom. The summed E-state index contributed by atoms with van der Waals surface area (Å²) in [4.78, 5) is 15.1. The number of hydrogen-bond donors (Lipinski definition) is 1. The predicted octanol–water partition coefficient (Wildman–Crippen LogP) is 5.90. The molecule has 0 amide bonds. The number of fused-ring (bicyclic) bond motifs is 1. The van der Waals surface area contributed by atoms with Crippen LogP contribution in [0.1, 0.15) is 53.4 Å². The fourth-order valence-electron chi connectivity index (χ4n) is 6.45. The largest absolute Gasteiger partial charge is 0.463 e. The second kappa shape index (κ2) is 11.7. The van der Waals surface area contributed by atoms with Crippen LogP contribution in [0.15, 0.2) is 66.9 Å². The topological polar surface area (TPSA) is 80.6 Å². The Morgan fingerprint density at radius 2 is 1.61 bits per heavy atom. The van der Waals surface area contributed by atoms with Gasteiger partial charge in [-0.2, -0.15) is 9.97 Å². The van der Waals surface area contributed by atoms with Crippen molar-refractivity contribution in [3.63, 3.8) is 0 Å². The molecular formula is C34H40ClFN4O3Si. The number of halogens is 2. The van der Waals surface area contributed by atoms with Crippen LogP contribution in [-0.4, -0.2) is 60.3 Å². The van der Waals surface area contributed by atoms with Crippen LogP contribution in [0.4, 0.5) is 10.2 Å². The maximum absolute atomic E-state index is 15.2. The Kier molecular flexibility index (Phi) is 8.20. The molecule has 1 aliphatic carbocycles. The minimum Gasteiger partial charge on any atom is -0.463 e. The lowest BCUT2D eigenvalue weighted by Crippen LogP contribution is -2.67. The van der Waals surface area contributed by atoms with Crippen molar-refractivity contribution in [3.05, 3.63) is 77.8 Å². The first-order valence-corrected chi connectivity index (χ1v) is 17.6. The summed E-state index contributed by atoms with van der Waals surface area (Å²) in [5.41, 5.74) is -1.02. The molecule has 1 saturated heterocycles. The van der Waals surface area contributed by atoms with Crippen molar-refractivity contribution in [1.29, 1.82) is 0 Å². The summed E-state index contributed by atoms with van der Waals surface area (Å²) < 4.78 is 28.7. The normalized spacial score (nSPS) is 20.1. The summed E-state index contributed by atoms with van der Waals surface area (Å²) in [6.45, 7) is 10.5. The van der Waals surface area contributed by atoms with Gasteiger partial charge >= 0.3 is 6.01 Å². The molecule has 1 N–H and O–H groups in total. The number of aromatic nitrogens is 3. The van der Waals surface area contributed by atoms with Crippen molar-refractivity contribution in [3.8, 4) is 6.01 Å². The number of anilines is 1. The van der Waals surface area contributed by atoms with Gasteiger partial charge in [-0.15, -0.1) is 0 Å². The summed E-state index contributed by atoms with van der Waals surface area (Å²) in [7, 11) is -2.71. The van der Waals surface area contributed by atoms with Gasteiger partial charge in [-0.25, -0.2) is 9.37 Å². The van der Waals surface area contributed by atoms with E-state index in [4.69, 9.17) is 25.7 Å². The van der Waals surface area contributed by atoms with Crippen LogP contribution < -0.4 is 20.0 Å². The fourth-order valence-corrected chi connectivity index (χ4v) is 11.3. The summed E-state index contributed by atoms with van der Waals surface area (Å²) >= 11 is 6.05. The van der Waals surface area contributed by atoms with E-state index in [2.05, 4.69) is 79.3 Å². The molecule has 2 aromatic heterocycles. The third kappa shape index (κ3) is 5.95. The Bertz CT molecular complexity index is 1590. The molecule has 232 valence electrons. The maximum Gasteiger partial charge on any atom is 0.319 e. The van der Waals surface area contributed by atoms with Crippen LogP contribution in [0.25, 0.3) is 10.9 Å². The number of benzene rings is 2. The zero-order valence-electron chi connectivity index (χ0n) is 25.8. The first-order chi connectivity index (χ1) is 20.9. The quantitative estimate of drug-likeness (QED) is 0.181. The summed E-state index contributed by atoms with van der Waals surface area (Å²) in [6.07, 6.45) is 4.85. The highest BCUT2D eigenvalue weighted by molar-refractivity contribution is 6.99. The number of nitrogens with zero attached hydrogens (tertiary/aromatic N) is 4. The Morgan fingerprint density at radius 1 is 0.977 bits per heavy atom. The molecule has 2 fully saturated rings. The standard InChI is InChI=1S/C34H40ClFN4O3Si/c1-32(2,3)44(24-12-7-5-8-13-24,25-14-9-6-10-15-25)43-23-34(17-18-34)22-42-31-38-28-26(20-37-29(35)27(28)36)30(39-31)40-19-11-16-33(4,41)21-40/h5-10,12-15,20,41H,11,16-19,21-23H2,1-4H3/t33-/m1/s1. The SMILES string of the molecule is CC(C)(C)[Si](OCC1(COc2nc(N3CCC[C@@](C)(O)C3)c3cnc(Cl)c(F)c3n2)CC1)(c1ccccc1)c1ccccc1. The van der Waals surface area contributed by atoms with Gasteiger partial charge < -0.3 is 19.2 Å². The van der Waals surface area contributed by atoms with Crippen LogP contribution in [-0.2, 0) is 4.43 Å². The van der Waals surface area contributed by atoms with Crippen molar-refractivity contribution in [2.24, 2.45) is 5.41 Å². The highest BCUT2D eigenvalue weighted by atomic mass is 35.5. The van der Waals surface area contributed by atoms with Gasteiger partial charge in [0.1, 0.15) is 11.3 Å². The van der Waals surface area contributed by atoms with Crippen LogP contribution in [0.5, 0.6) is 6.01 Å². The molecule has 0 spiro atoms. The monoisotopic (exact) mass is 634 g/mol. The number of β-amino-alcohol motifs (C(OH)–C–C–N with tert-alkyl or cyclic N) is 1. The molecule has 3 heterocycles. The highest BCUT2D eigenvalue weighted by Gasteiger charge is 2.53. The molecule has 1 saturated carbocycles. The van der Waals surface area contributed by atoms with Crippen LogP contribution >= 0.6 is 11.6 Å². The van der Waals surface area contributed by atoms with Crippen molar-refractivity contribution >= 4 is 47.0 Å². The number of hydrogen-bond acceptors (Lipinski definition) is 7. The second-order valence-corrected chi connectivity index (χ2v) is 18.4. The Balaban J connectivity index is 1.29. The molecule has 0 unspecified atom stereocenters. The summed E-state index contributed by atoms with van der Waals surface area (Å²) in [5, 5.41) is 13.3. The molecule has 10 heteroatoms. The van der Waals surface area contributed by atoms with Gasteiger partial charge in [0.05, 0.1) is 17.6 Å². The molecule has 44 heavy (non-hydrogen) atoms. The van der Waals surface area contributed by atoms with Crippen molar-refractivity contribution < 1.29 is 18.7 Å². The minimum absolute atomic E-state index is 0.0589. The van der Waals surface area contributed by atoms with Crippen LogP contribution in [0.3, 0.4) is 0 Å². The first kappa shape index (κ1) is 30.9. The first-order valence-electron chi connectivity index (χ1n) is 15.3. The third-order valence-electron chi connectivity index (χ3n) is 9.05. The van der Waals surface area contributed by atoms with E-state index in [-0.39, 0.29) is 27.1 Å². The van der Waals surface area contributed by atoms with Gasteiger partial charge in [-0.05, 0) is 48.0 Å². The zero-order chi connectivity index (χ0) is 31.2. The van der Waals surface area contributed by atoms with E-state index in [1.807, 2.05) is 17.0 Å². The van der Waals surface area contributed by atoms with Crippen LogP contribution in [0.2, 0.25) is 10.2 Å². The Hall–Kier alpha value is -3.11. The molecule has 2 aromatic carbocycles. The van der Waals surface area contributed by atoms with Gasteiger partial charge in [0.15, 0.2) is 11.0 Å². The van der Waals surface area contributed by atoms with E-state index >= 15 is 4.39 Å². The van der Waals surface area contributed by atoms with Gasteiger partial charge in [0.25, 0.3) is 8.32 Å². The van der Waals surface area contributed by atoms with Crippen molar-refractivity contribution in [1.82, 2.24) is 15.0 Å². The lowest BCUT2D eigenvalue weighted by atomic mass is 9.95. The van der Waals surface area contributed by atoms with Gasteiger partial charge in [-0.3, -0.25) is 0 Å². The second-order valence-electron chi connectivity index (χ2n) is 13.7. The average Bonchev–Trinajstić information content (AvgIpc) is 3.78.